The average molecular weight is 253 g/mol. The Bertz CT molecular complexity index is 291. The topological polar surface area (TPSA) is 58.4 Å². The molecule has 2 rings (SSSR count). The third kappa shape index (κ3) is 3.45. The second-order valence-electron chi connectivity index (χ2n) is 6.04. The van der Waals surface area contributed by atoms with E-state index in [9.17, 15) is 4.79 Å². The van der Waals surface area contributed by atoms with Gasteiger partial charge in [0, 0.05) is 19.1 Å². The Morgan fingerprint density at radius 3 is 2.78 bits per heavy atom. The van der Waals surface area contributed by atoms with Crippen molar-refractivity contribution in [2.75, 3.05) is 19.6 Å². The fourth-order valence-electron chi connectivity index (χ4n) is 2.68. The Kier molecular flexibility index (Phi) is 4.62. The minimum absolute atomic E-state index is 0.0224. The van der Waals surface area contributed by atoms with Crippen LogP contribution in [0.25, 0.3) is 0 Å². The minimum Gasteiger partial charge on any atom is -0.354 e. The van der Waals surface area contributed by atoms with E-state index >= 15 is 0 Å². The lowest BCUT2D eigenvalue weighted by molar-refractivity contribution is -0.123. The van der Waals surface area contributed by atoms with Crippen LogP contribution >= 0.6 is 0 Å². The van der Waals surface area contributed by atoms with Crippen molar-refractivity contribution in [3.05, 3.63) is 0 Å². The summed E-state index contributed by atoms with van der Waals surface area (Å²) < 4.78 is 0. The van der Waals surface area contributed by atoms with Gasteiger partial charge < -0.3 is 16.0 Å². The summed E-state index contributed by atoms with van der Waals surface area (Å²) in [5, 5.41) is 3.03. The molecule has 1 heterocycles. The lowest BCUT2D eigenvalue weighted by Gasteiger charge is -2.19. The molecule has 0 aromatic heterocycles. The van der Waals surface area contributed by atoms with Crippen molar-refractivity contribution >= 4 is 5.91 Å². The molecule has 18 heavy (non-hydrogen) atoms. The summed E-state index contributed by atoms with van der Waals surface area (Å²) in [5.74, 6) is 0.907. The maximum Gasteiger partial charge on any atom is 0.237 e. The van der Waals surface area contributed by atoms with Crippen molar-refractivity contribution in [2.45, 2.75) is 51.6 Å². The van der Waals surface area contributed by atoms with Crippen LogP contribution in [0.5, 0.6) is 0 Å². The van der Waals surface area contributed by atoms with E-state index in [1.165, 1.54) is 25.8 Å². The number of hydrogen-bond acceptors (Lipinski definition) is 3. The number of rotatable bonds is 6. The van der Waals surface area contributed by atoms with Crippen LogP contribution in [-0.4, -0.2) is 42.5 Å². The van der Waals surface area contributed by atoms with E-state index < -0.39 is 0 Å². The summed E-state index contributed by atoms with van der Waals surface area (Å²) in [6, 6.07) is 0.504. The monoisotopic (exact) mass is 253 g/mol. The number of carbonyl (C=O) groups is 1. The van der Waals surface area contributed by atoms with Crippen molar-refractivity contribution in [1.29, 1.82) is 0 Å². The number of nitrogens with one attached hydrogen (secondary N) is 1. The number of carbonyl (C=O) groups excluding carboxylic acids is 1. The van der Waals surface area contributed by atoms with Gasteiger partial charge in [-0.25, -0.2) is 0 Å². The fourth-order valence-corrected chi connectivity index (χ4v) is 2.68. The van der Waals surface area contributed by atoms with Crippen LogP contribution < -0.4 is 11.1 Å². The smallest absolute Gasteiger partial charge is 0.237 e. The molecule has 0 aromatic carbocycles. The summed E-state index contributed by atoms with van der Waals surface area (Å²) in [7, 11) is 0. The van der Waals surface area contributed by atoms with Gasteiger partial charge >= 0.3 is 0 Å². The number of amides is 1. The molecule has 1 saturated carbocycles. The second-order valence-corrected chi connectivity index (χ2v) is 6.04. The molecule has 3 N–H and O–H groups in total. The highest BCUT2D eigenvalue weighted by molar-refractivity contribution is 5.81. The number of nitrogens with zero attached hydrogens (tertiary/aromatic N) is 1. The first-order valence-corrected chi connectivity index (χ1v) is 7.39. The zero-order valence-corrected chi connectivity index (χ0v) is 11.7. The normalized spacial score (nSPS) is 28.1. The summed E-state index contributed by atoms with van der Waals surface area (Å²) in [6.45, 7) is 7.27. The molecule has 1 unspecified atom stereocenters. The summed E-state index contributed by atoms with van der Waals surface area (Å²) in [6.07, 6.45) is 4.92. The molecule has 1 amide bonds. The summed E-state index contributed by atoms with van der Waals surface area (Å²) >= 11 is 0. The third-order valence-electron chi connectivity index (χ3n) is 4.51. The molecule has 2 fully saturated rings. The van der Waals surface area contributed by atoms with Crippen LogP contribution in [0.15, 0.2) is 0 Å². The minimum atomic E-state index is -0.351. The molecule has 2 aliphatic rings. The molecule has 1 aliphatic heterocycles. The Morgan fingerprint density at radius 1 is 1.44 bits per heavy atom. The van der Waals surface area contributed by atoms with Crippen LogP contribution in [0.3, 0.4) is 0 Å². The van der Waals surface area contributed by atoms with Gasteiger partial charge in [0.25, 0.3) is 0 Å². The van der Waals surface area contributed by atoms with Crippen LogP contribution in [0.1, 0.15) is 39.5 Å². The zero-order valence-electron chi connectivity index (χ0n) is 11.7. The average Bonchev–Trinajstić information content (AvgIpc) is 3.13. The molecule has 0 spiro atoms. The molecular formula is C14H27N3O. The molecule has 1 saturated heterocycles. The predicted molar refractivity (Wildman–Crippen MR) is 73.1 cm³/mol. The van der Waals surface area contributed by atoms with Gasteiger partial charge in [-0.1, -0.05) is 20.3 Å². The van der Waals surface area contributed by atoms with Crippen molar-refractivity contribution in [3.8, 4) is 0 Å². The van der Waals surface area contributed by atoms with Crippen LogP contribution in [0, 0.1) is 11.8 Å². The van der Waals surface area contributed by atoms with Gasteiger partial charge in [0.1, 0.15) is 0 Å². The first-order valence-electron chi connectivity index (χ1n) is 7.39. The first kappa shape index (κ1) is 13.8. The SMILES string of the molecule is CC[C@H](C)[C@H](N)C(=O)NCC1CCN(C2CC2)C1. The molecule has 3 atom stereocenters. The van der Waals surface area contributed by atoms with Gasteiger partial charge in [0.15, 0.2) is 0 Å². The summed E-state index contributed by atoms with van der Waals surface area (Å²) in [5.41, 5.74) is 5.92. The summed E-state index contributed by atoms with van der Waals surface area (Å²) in [4.78, 5) is 14.5. The highest BCUT2D eigenvalue weighted by atomic mass is 16.2. The zero-order chi connectivity index (χ0) is 13.1. The number of hydrogen-bond donors (Lipinski definition) is 2. The van der Waals surface area contributed by atoms with Gasteiger partial charge in [-0.15, -0.1) is 0 Å². The van der Waals surface area contributed by atoms with Gasteiger partial charge in [0.05, 0.1) is 6.04 Å². The van der Waals surface area contributed by atoms with Crippen molar-refractivity contribution in [1.82, 2.24) is 10.2 Å². The Morgan fingerprint density at radius 2 is 2.17 bits per heavy atom. The molecule has 1 aliphatic carbocycles. The first-order chi connectivity index (χ1) is 8.61. The van der Waals surface area contributed by atoms with Gasteiger partial charge in [0.2, 0.25) is 5.91 Å². The fraction of sp³-hybridized carbons (Fsp3) is 0.929. The lowest BCUT2D eigenvalue weighted by atomic mass is 9.99. The maximum absolute atomic E-state index is 11.9. The maximum atomic E-state index is 11.9. The van der Waals surface area contributed by atoms with Gasteiger partial charge in [-0.3, -0.25) is 4.79 Å². The van der Waals surface area contributed by atoms with E-state index in [1.54, 1.807) is 0 Å². The molecule has 104 valence electrons. The van der Waals surface area contributed by atoms with Crippen molar-refractivity contribution < 1.29 is 4.79 Å². The molecular weight excluding hydrogens is 226 g/mol. The van der Waals surface area contributed by atoms with Gasteiger partial charge in [-0.05, 0) is 37.6 Å². The second kappa shape index (κ2) is 6.02. The Balaban J connectivity index is 1.66. The van der Waals surface area contributed by atoms with Crippen molar-refractivity contribution in [3.63, 3.8) is 0 Å². The molecule has 0 aromatic rings. The van der Waals surface area contributed by atoms with E-state index in [2.05, 4.69) is 17.1 Å². The third-order valence-corrected chi connectivity index (χ3v) is 4.51. The van der Waals surface area contributed by atoms with Crippen molar-refractivity contribution in [2.24, 2.45) is 17.6 Å². The predicted octanol–water partition coefficient (Wildman–Crippen LogP) is 0.960. The van der Waals surface area contributed by atoms with Crippen LogP contribution in [0.2, 0.25) is 0 Å². The largest absolute Gasteiger partial charge is 0.354 e. The van der Waals surface area contributed by atoms with Crippen LogP contribution in [-0.2, 0) is 4.79 Å². The molecule has 4 heteroatoms. The highest BCUT2D eigenvalue weighted by Gasteiger charge is 2.34. The quantitative estimate of drug-likeness (QED) is 0.741. The highest BCUT2D eigenvalue weighted by Crippen LogP contribution is 2.31. The number of nitrogens with two attached hydrogens (primary N) is 1. The van der Waals surface area contributed by atoms with E-state index in [0.29, 0.717) is 5.92 Å². The van der Waals surface area contributed by atoms with E-state index in [0.717, 1.165) is 25.6 Å². The van der Waals surface area contributed by atoms with E-state index in [-0.39, 0.29) is 17.9 Å². The molecule has 0 bridgehead atoms. The standard InChI is InChI=1S/C14H27N3O/c1-3-10(2)13(15)14(18)16-8-11-6-7-17(9-11)12-4-5-12/h10-13H,3-9,15H2,1-2H3,(H,16,18)/t10-,11?,13-/m0/s1. The Labute approximate surface area is 110 Å². The van der Waals surface area contributed by atoms with Crippen LogP contribution in [0.4, 0.5) is 0 Å². The lowest BCUT2D eigenvalue weighted by Crippen LogP contribution is -2.46. The van der Waals surface area contributed by atoms with Gasteiger partial charge in [-0.2, -0.15) is 0 Å². The van der Waals surface area contributed by atoms with E-state index in [4.69, 9.17) is 5.73 Å². The van der Waals surface area contributed by atoms with E-state index in [1.807, 2.05) is 6.92 Å². The Hall–Kier alpha value is -0.610. The number of likely N-dealkylation sites (tertiary alicyclic amines) is 1. The molecule has 0 radical (unpaired) electrons. The molecule has 4 nitrogen and oxygen atoms in total.